The van der Waals surface area contributed by atoms with Gasteiger partial charge in [-0.2, -0.15) is 12.2 Å². The molecule has 123 valence electrons. The molecule has 6 nitrogen and oxygen atoms in total. The van der Waals surface area contributed by atoms with E-state index in [0.717, 1.165) is 12.5 Å². The minimum atomic E-state index is -0.586. The van der Waals surface area contributed by atoms with Crippen LogP contribution >= 0.6 is 11.8 Å². The molecule has 1 heterocycles. The van der Waals surface area contributed by atoms with Crippen molar-refractivity contribution in [3.8, 4) is 0 Å². The molecule has 0 aromatic carbocycles. The predicted octanol–water partition coefficient (Wildman–Crippen LogP) is 1.28. The number of aliphatic imine (C=N–C) groups is 1. The molecule has 0 saturated heterocycles. The van der Waals surface area contributed by atoms with Gasteiger partial charge in [-0.15, -0.1) is 11.8 Å². The van der Waals surface area contributed by atoms with Crippen LogP contribution in [0.1, 0.15) is 26.7 Å². The summed E-state index contributed by atoms with van der Waals surface area (Å²) in [7, 11) is 0. The number of aliphatic hydroxyl groups is 1. The Morgan fingerprint density at radius 1 is 1.57 bits per heavy atom. The van der Waals surface area contributed by atoms with Crippen LogP contribution in [0.25, 0.3) is 0 Å². The van der Waals surface area contributed by atoms with Crippen LogP contribution in [0.2, 0.25) is 0 Å². The fraction of sp³-hybridized carbons (Fsp3) is 0.467. The quantitative estimate of drug-likeness (QED) is 0.272. The maximum Gasteiger partial charge on any atom is 0.244 e. The molecular weight excluding hydrogens is 393 g/mol. The number of thioether (sulfide) groups is 1. The number of hydrogen-bond acceptors (Lipinski definition) is 6. The number of hydrogen-bond donors (Lipinski definition) is 2. The van der Waals surface area contributed by atoms with Gasteiger partial charge in [-0.25, -0.2) is 6.08 Å². The maximum absolute atomic E-state index is 12.1. The first-order valence-corrected chi connectivity index (χ1v) is 7.84. The Balaban J connectivity index is 0.00000484. The number of nitrogens with zero attached hydrogens (tertiary/aromatic N) is 1. The third kappa shape index (κ3) is 8.04. The van der Waals surface area contributed by atoms with Gasteiger partial charge in [0.05, 0.1) is 0 Å². The minimum absolute atomic E-state index is 0. The van der Waals surface area contributed by atoms with E-state index in [0.29, 0.717) is 17.2 Å². The molecule has 0 aliphatic carbocycles. The Labute approximate surface area is 165 Å². The molecule has 23 heavy (non-hydrogen) atoms. The van der Waals surface area contributed by atoms with Crippen LogP contribution < -0.4 is 5.32 Å². The smallest absolute Gasteiger partial charge is 0.244 e. The molecule has 0 saturated carbocycles. The fourth-order valence-electron chi connectivity index (χ4n) is 1.74. The monoisotopic (exact) mass is 411 g/mol. The van der Waals surface area contributed by atoms with Crippen molar-refractivity contribution in [1.82, 2.24) is 5.32 Å². The van der Waals surface area contributed by atoms with E-state index in [9.17, 15) is 19.5 Å². The molecule has 2 atom stereocenters. The second kappa shape index (κ2) is 11.7. The van der Waals surface area contributed by atoms with Crippen molar-refractivity contribution >= 4 is 34.8 Å². The van der Waals surface area contributed by atoms with Crippen molar-refractivity contribution in [3.05, 3.63) is 24.0 Å². The van der Waals surface area contributed by atoms with Crippen molar-refractivity contribution in [1.29, 1.82) is 0 Å². The van der Waals surface area contributed by atoms with Crippen LogP contribution in [0.4, 0.5) is 0 Å². The molecule has 0 bridgehead atoms. The van der Waals surface area contributed by atoms with Gasteiger partial charge in [-0.05, 0) is 18.7 Å². The number of Topliss-reactive ketones (excluding diaryl/α,β-unsaturated/α-hetero) is 1. The Kier molecular flexibility index (Phi) is 11.3. The van der Waals surface area contributed by atoms with Gasteiger partial charge in [0, 0.05) is 45.4 Å². The van der Waals surface area contributed by atoms with E-state index in [1.807, 2.05) is 6.92 Å². The zero-order valence-corrected chi connectivity index (χ0v) is 16.7. The Morgan fingerprint density at radius 2 is 2.26 bits per heavy atom. The molecule has 2 unspecified atom stereocenters. The number of carbonyl (C=O) groups excluding carboxylic acids is 3. The SMILES string of the molecule is CCCC([C-]=C/C(O)=C\[C-]=O)NC(=O)C1CSC(C(C)=O)=N1.[Y]. The van der Waals surface area contributed by atoms with Gasteiger partial charge in [0.1, 0.15) is 11.1 Å². The third-order valence-electron chi connectivity index (χ3n) is 2.79. The summed E-state index contributed by atoms with van der Waals surface area (Å²) in [5.74, 6) is -0.265. The molecule has 0 spiro atoms. The van der Waals surface area contributed by atoms with Crippen LogP contribution in [0.15, 0.2) is 22.9 Å². The summed E-state index contributed by atoms with van der Waals surface area (Å²) in [6.07, 6.45) is 7.79. The van der Waals surface area contributed by atoms with Gasteiger partial charge >= 0.3 is 0 Å². The van der Waals surface area contributed by atoms with Gasteiger partial charge in [-0.1, -0.05) is 19.1 Å². The van der Waals surface area contributed by atoms with Crippen molar-refractivity contribution in [2.45, 2.75) is 38.8 Å². The van der Waals surface area contributed by atoms with E-state index >= 15 is 0 Å². The van der Waals surface area contributed by atoms with Gasteiger partial charge in [-0.3, -0.25) is 14.6 Å². The zero-order valence-electron chi connectivity index (χ0n) is 13.0. The number of nitrogens with one attached hydrogen (secondary N) is 1. The first-order valence-electron chi connectivity index (χ1n) is 6.85. The number of carbonyl (C=O) groups is 2. The normalized spacial score (nSPS) is 19.0. The van der Waals surface area contributed by atoms with E-state index in [2.05, 4.69) is 16.4 Å². The topological polar surface area (TPSA) is 95.8 Å². The Bertz CT molecular complexity index is 532. The average Bonchev–Trinajstić information content (AvgIpc) is 2.95. The number of aliphatic hydroxyl groups excluding tert-OH is 1. The minimum Gasteiger partial charge on any atom is -0.594 e. The molecule has 1 amide bonds. The van der Waals surface area contributed by atoms with E-state index in [1.165, 1.54) is 31.0 Å². The molecule has 0 aromatic heterocycles. The standard InChI is InChI=1S/C15H18N2O4S.Y/c1-3-4-11(5-6-12(20)7-8-18)16-14(21)13-9-22-15(17-13)10(2)19;/h6-7,11,13,20H,3-4,9H2,1-2H3,(H,16,21);/q-2;/b12-7+;. The molecule has 8 heteroatoms. The van der Waals surface area contributed by atoms with Gasteiger partial charge in [0.15, 0.2) is 5.78 Å². The first-order chi connectivity index (χ1) is 10.5. The molecular formula is C15H18N2O4SY-2. The van der Waals surface area contributed by atoms with Crippen LogP contribution in [0, 0.1) is 6.08 Å². The summed E-state index contributed by atoms with van der Waals surface area (Å²) in [5.41, 5.74) is 0. The number of amides is 1. The summed E-state index contributed by atoms with van der Waals surface area (Å²) in [6, 6.07) is -0.987. The molecule has 1 radical (unpaired) electrons. The first kappa shape index (κ1) is 22.2. The molecule has 2 N–H and O–H groups in total. The van der Waals surface area contributed by atoms with Crippen LogP contribution in [0.3, 0.4) is 0 Å². The maximum atomic E-state index is 12.1. The second-order valence-corrected chi connectivity index (χ2v) is 5.67. The van der Waals surface area contributed by atoms with Gasteiger partial charge in [0.25, 0.3) is 0 Å². The van der Waals surface area contributed by atoms with Crippen molar-refractivity contribution in [3.63, 3.8) is 0 Å². The number of ketones is 1. The fourth-order valence-corrected chi connectivity index (χ4v) is 2.69. The summed E-state index contributed by atoms with van der Waals surface area (Å²) in [5, 5.41) is 12.4. The molecule has 0 aromatic rings. The number of rotatable bonds is 8. The molecule has 0 fully saturated rings. The van der Waals surface area contributed by atoms with Crippen LogP contribution in [-0.4, -0.2) is 46.0 Å². The zero-order chi connectivity index (χ0) is 16.5. The van der Waals surface area contributed by atoms with E-state index in [4.69, 9.17) is 0 Å². The van der Waals surface area contributed by atoms with Gasteiger partial charge in [0.2, 0.25) is 5.91 Å². The predicted molar refractivity (Wildman–Crippen MR) is 85.4 cm³/mol. The second-order valence-electron chi connectivity index (χ2n) is 4.67. The molecule has 1 aliphatic heterocycles. The van der Waals surface area contributed by atoms with E-state index < -0.39 is 12.1 Å². The third-order valence-corrected chi connectivity index (χ3v) is 3.94. The molecule has 1 aliphatic rings. The summed E-state index contributed by atoms with van der Waals surface area (Å²) in [4.78, 5) is 37.5. The molecule has 1 rings (SSSR count). The van der Waals surface area contributed by atoms with Crippen LogP contribution in [-0.2, 0) is 47.1 Å². The van der Waals surface area contributed by atoms with Crippen molar-refractivity contribution in [2.24, 2.45) is 4.99 Å². The summed E-state index contributed by atoms with van der Waals surface area (Å²) >= 11 is 1.27. The van der Waals surface area contributed by atoms with E-state index in [-0.39, 0.29) is 50.2 Å². The average molecular weight is 411 g/mol. The summed E-state index contributed by atoms with van der Waals surface area (Å²) in [6.45, 7) is 3.37. The van der Waals surface area contributed by atoms with Crippen molar-refractivity contribution in [2.75, 3.05) is 5.75 Å². The van der Waals surface area contributed by atoms with Crippen molar-refractivity contribution < 1.29 is 52.2 Å². The summed E-state index contributed by atoms with van der Waals surface area (Å²) < 4.78 is 0. The largest absolute Gasteiger partial charge is 0.594 e. The van der Waals surface area contributed by atoms with Gasteiger partial charge < -0.3 is 15.2 Å². The van der Waals surface area contributed by atoms with E-state index in [1.54, 1.807) is 0 Å². The van der Waals surface area contributed by atoms with Crippen LogP contribution in [0.5, 0.6) is 0 Å². The Hall–Kier alpha value is -0.786. The number of allylic oxidation sites excluding steroid dienone is 2. The Morgan fingerprint density at radius 3 is 2.78 bits per heavy atom.